The Hall–Kier alpha value is -1.42. The Morgan fingerprint density at radius 3 is 2.45 bits per heavy atom. The molecule has 4 saturated carbocycles. The molecule has 1 aromatic rings. The molecule has 0 heterocycles. The van der Waals surface area contributed by atoms with Crippen LogP contribution in [-0.4, -0.2) is 6.54 Å². The Kier molecular flexibility index (Phi) is 5.65. The van der Waals surface area contributed by atoms with Gasteiger partial charge in [-0.1, -0.05) is 33.1 Å². The molecular weight excluding hydrogens is 374 g/mol. The molecule has 0 amide bonds. The molecule has 4 fully saturated rings. The first-order chi connectivity index (χ1) is 15.0. The number of hydrogen-bond donors (Lipinski definition) is 1. The highest BCUT2D eigenvalue weighted by atomic mass is 14.9. The number of anilines is 1. The summed E-state index contributed by atoms with van der Waals surface area (Å²) in [4.78, 5) is 0. The maximum absolute atomic E-state index is 5.51. The first-order valence-electron chi connectivity index (χ1n) is 13.3. The number of benzene rings is 1. The highest BCUT2D eigenvalue weighted by Crippen LogP contribution is 2.65. The van der Waals surface area contributed by atoms with Gasteiger partial charge in [-0.25, -0.2) is 0 Å². The van der Waals surface area contributed by atoms with Crippen LogP contribution in [0.25, 0.3) is 0 Å². The van der Waals surface area contributed by atoms with E-state index in [1.165, 1.54) is 69.9 Å². The lowest BCUT2D eigenvalue weighted by atomic mass is 9.48. The van der Waals surface area contributed by atoms with Crippen LogP contribution in [0.2, 0.25) is 0 Å². The van der Waals surface area contributed by atoms with Crippen LogP contribution in [0.5, 0.6) is 0 Å². The van der Waals surface area contributed by atoms with Crippen molar-refractivity contribution in [1.82, 2.24) is 0 Å². The van der Waals surface area contributed by atoms with Gasteiger partial charge in [0.25, 0.3) is 0 Å². The van der Waals surface area contributed by atoms with Gasteiger partial charge in [-0.3, -0.25) is 0 Å². The molecule has 7 unspecified atom stereocenters. The van der Waals surface area contributed by atoms with E-state index in [-0.39, 0.29) is 0 Å². The summed E-state index contributed by atoms with van der Waals surface area (Å²) in [6.45, 7) is 8.78. The molecule has 1 heteroatoms. The van der Waals surface area contributed by atoms with Crippen LogP contribution < -0.4 is 5.32 Å². The predicted octanol–water partition coefficient (Wildman–Crippen LogP) is 7.76. The molecule has 0 saturated heterocycles. The van der Waals surface area contributed by atoms with Crippen LogP contribution in [0.15, 0.2) is 24.3 Å². The monoisotopic (exact) mass is 417 g/mol. The zero-order chi connectivity index (χ0) is 21.6. The normalized spacial score (nSPS) is 43.9. The molecule has 0 bridgehead atoms. The van der Waals surface area contributed by atoms with Crippen LogP contribution >= 0.6 is 0 Å². The fourth-order valence-electron chi connectivity index (χ4n) is 8.88. The SMILES string of the molecule is C#Cc1ccc(NCC2CCC3C4CCC5C[C@](C)(CC)CCC5C4CCC23C)cc1. The fourth-order valence-corrected chi connectivity index (χ4v) is 8.88. The quantitative estimate of drug-likeness (QED) is 0.493. The lowest BCUT2D eigenvalue weighted by Gasteiger charge is -2.57. The summed E-state index contributed by atoms with van der Waals surface area (Å²) in [7, 11) is 0. The standard InChI is InChI=1S/C30H43N/c1-5-21-7-11-24(12-8-21)31-20-23-10-14-28-27-13-9-22-19-29(3,6-2)17-15-25(22)26(27)16-18-30(23,28)4/h1,7-8,11-12,22-23,25-28,31H,6,9-10,13-20H2,2-4H3/t22?,23?,25?,26?,27?,28?,29-,30?/m1/s1. The van der Waals surface area contributed by atoms with Gasteiger partial charge in [0.1, 0.15) is 0 Å². The second-order valence-corrected chi connectivity index (χ2v) is 12.3. The maximum atomic E-state index is 5.51. The van der Waals surface area contributed by atoms with E-state index in [0.29, 0.717) is 10.8 Å². The van der Waals surface area contributed by atoms with E-state index in [1.54, 1.807) is 0 Å². The Morgan fingerprint density at radius 1 is 0.935 bits per heavy atom. The van der Waals surface area contributed by atoms with E-state index in [2.05, 4.69) is 56.3 Å². The van der Waals surface area contributed by atoms with Crippen molar-refractivity contribution in [3.63, 3.8) is 0 Å². The summed E-state index contributed by atoms with van der Waals surface area (Å²) in [6.07, 6.45) is 20.3. The van der Waals surface area contributed by atoms with Crippen LogP contribution in [-0.2, 0) is 0 Å². The molecule has 0 radical (unpaired) electrons. The molecule has 1 aromatic carbocycles. The second-order valence-electron chi connectivity index (χ2n) is 12.3. The van der Waals surface area contributed by atoms with Crippen LogP contribution in [0, 0.1) is 58.7 Å². The van der Waals surface area contributed by atoms with Gasteiger partial charge in [-0.05, 0) is 128 Å². The van der Waals surface area contributed by atoms with Crippen LogP contribution in [0.1, 0.15) is 90.5 Å². The van der Waals surface area contributed by atoms with E-state index in [1.807, 2.05) is 0 Å². The van der Waals surface area contributed by atoms with E-state index in [9.17, 15) is 0 Å². The van der Waals surface area contributed by atoms with Crippen molar-refractivity contribution in [2.45, 2.75) is 85.0 Å². The van der Waals surface area contributed by atoms with E-state index in [0.717, 1.165) is 47.6 Å². The molecule has 31 heavy (non-hydrogen) atoms. The number of nitrogens with one attached hydrogen (secondary N) is 1. The van der Waals surface area contributed by atoms with Crippen molar-refractivity contribution in [3.8, 4) is 12.3 Å². The highest BCUT2D eigenvalue weighted by Gasteiger charge is 2.57. The molecule has 0 aromatic heterocycles. The molecule has 1 nitrogen and oxygen atoms in total. The Labute approximate surface area is 191 Å². The average molecular weight is 418 g/mol. The summed E-state index contributed by atoms with van der Waals surface area (Å²) in [5.41, 5.74) is 3.38. The minimum Gasteiger partial charge on any atom is -0.385 e. The molecule has 4 aliphatic rings. The highest BCUT2D eigenvalue weighted by molar-refractivity contribution is 5.47. The number of hydrogen-bond acceptors (Lipinski definition) is 1. The van der Waals surface area contributed by atoms with E-state index in [4.69, 9.17) is 6.42 Å². The van der Waals surface area contributed by atoms with Gasteiger partial charge in [-0.2, -0.15) is 0 Å². The zero-order valence-electron chi connectivity index (χ0n) is 20.1. The summed E-state index contributed by atoms with van der Waals surface area (Å²) < 4.78 is 0. The second kappa shape index (κ2) is 8.17. The molecule has 168 valence electrons. The summed E-state index contributed by atoms with van der Waals surface area (Å²) in [6, 6.07) is 8.41. The van der Waals surface area contributed by atoms with Crippen molar-refractivity contribution in [1.29, 1.82) is 0 Å². The largest absolute Gasteiger partial charge is 0.385 e. The zero-order valence-corrected chi connectivity index (χ0v) is 20.1. The molecule has 1 N–H and O–H groups in total. The smallest absolute Gasteiger partial charge is 0.0341 e. The summed E-state index contributed by atoms with van der Waals surface area (Å²) in [5.74, 6) is 8.66. The van der Waals surface area contributed by atoms with Crippen molar-refractivity contribution < 1.29 is 0 Å². The third-order valence-corrected chi connectivity index (χ3v) is 11.0. The van der Waals surface area contributed by atoms with Crippen molar-refractivity contribution >= 4 is 5.69 Å². The third-order valence-electron chi connectivity index (χ3n) is 11.0. The summed E-state index contributed by atoms with van der Waals surface area (Å²) >= 11 is 0. The van der Waals surface area contributed by atoms with Gasteiger partial charge in [-0.15, -0.1) is 6.42 Å². The minimum atomic E-state index is 0.548. The number of terminal acetylenes is 1. The molecular formula is C30H43N. The van der Waals surface area contributed by atoms with Crippen molar-refractivity contribution in [2.24, 2.45) is 46.3 Å². The lowest BCUT2D eigenvalue weighted by molar-refractivity contribution is -0.0770. The first-order valence-corrected chi connectivity index (χ1v) is 13.3. The van der Waals surface area contributed by atoms with Gasteiger partial charge < -0.3 is 5.32 Å². The minimum absolute atomic E-state index is 0.548. The van der Waals surface area contributed by atoms with Crippen LogP contribution in [0.4, 0.5) is 5.69 Å². The summed E-state index contributed by atoms with van der Waals surface area (Å²) in [5, 5.41) is 3.76. The lowest BCUT2D eigenvalue weighted by Crippen LogP contribution is -2.50. The molecule has 0 spiro atoms. The molecule has 0 aliphatic heterocycles. The predicted molar refractivity (Wildman–Crippen MR) is 132 cm³/mol. The van der Waals surface area contributed by atoms with E-state index < -0.39 is 0 Å². The Morgan fingerprint density at radius 2 is 1.71 bits per heavy atom. The van der Waals surface area contributed by atoms with Crippen molar-refractivity contribution in [3.05, 3.63) is 29.8 Å². The maximum Gasteiger partial charge on any atom is 0.0341 e. The molecule has 8 atom stereocenters. The Bertz CT molecular complexity index is 818. The average Bonchev–Trinajstić information content (AvgIpc) is 3.14. The topological polar surface area (TPSA) is 12.0 Å². The van der Waals surface area contributed by atoms with Gasteiger partial charge in [0.15, 0.2) is 0 Å². The van der Waals surface area contributed by atoms with Gasteiger partial charge in [0.05, 0.1) is 0 Å². The Balaban J connectivity index is 1.25. The third kappa shape index (κ3) is 3.73. The molecule has 5 rings (SSSR count). The number of rotatable bonds is 4. The van der Waals surface area contributed by atoms with Gasteiger partial charge in [0.2, 0.25) is 0 Å². The first kappa shape index (κ1) is 21.4. The molecule has 4 aliphatic carbocycles. The van der Waals surface area contributed by atoms with E-state index >= 15 is 0 Å². The van der Waals surface area contributed by atoms with Crippen molar-refractivity contribution in [2.75, 3.05) is 11.9 Å². The van der Waals surface area contributed by atoms with Gasteiger partial charge in [0, 0.05) is 17.8 Å². The fraction of sp³-hybridized carbons (Fsp3) is 0.733. The van der Waals surface area contributed by atoms with Gasteiger partial charge >= 0.3 is 0 Å². The van der Waals surface area contributed by atoms with Crippen LogP contribution in [0.3, 0.4) is 0 Å². The number of fused-ring (bicyclic) bond motifs is 5.